The van der Waals surface area contributed by atoms with Crippen molar-refractivity contribution in [3.8, 4) is 0 Å². The summed E-state index contributed by atoms with van der Waals surface area (Å²) in [6.07, 6.45) is 20.0. The maximum absolute atomic E-state index is 3.91. The maximum Gasteiger partial charge on any atom is 0.0133 e. The van der Waals surface area contributed by atoms with Gasteiger partial charge in [0.2, 0.25) is 0 Å². The third kappa shape index (κ3) is 8.86. The zero-order chi connectivity index (χ0) is 19.8. The van der Waals surface area contributed by atoms with E-state index in [0.717, 1.165) is 17.9 Å². The third-order valence-electron chi connectivity index (χ3n) is 7.01. The lowest BCUT2D eigenvalue weighted by Crippen LogP contribution is -2.60. The highest BCUT2D eigenvalue weighted by molar-refractivity contribution is 5.01. The molecule has 0 amide bonds. The predicted octanol–water partition coefficient (Wildman–Crippen LogP) is 6.83. The van der Waals surface area contributed by atoms with Gasteiger partial charge in [-0.15, -0.1) is 0 Å². The van der Waals surface area contributed by atoms with Gasteiger partial charge < -0.3 is 10.6 Å². The Hall–Kier alpha value is -0.0800. The molecule has 2 saturated heterocycles. The number of piperidine rings is 1. The highest BCUT2D eigenvalue weighted by atomic mass is 15.1. The van der Waals surface area contributed by atoms with Gasteiger partial charge in [0.25, 0.3) is 0 Å². The zero-order valence-corrected chi connectivity index (χ0v) is 19.3. The first-order valence-corrected chi connectivity index (χ1v) is 12.3. The molecule has 0 aliphatic carbocycles. The first kappa shape index (κ1) is 23.2. The van der Waals surface area contributed by atoms with E-state index in [0.29, 0.717) is 0 Å². The van der Waals surface area contributed by atoms with E-state index >= 15 is 0 Å². The van der Waals surface area contributed by atoms with Crippen LogP contribution in [0.3, 0.4) is 0 Å². The number of rotatable bonds is 12. The number of hydrogen-bond acceptors (Lipinski definition) is 2. The molecule has 2 heteroatoms. The molecule has 0 radical (unpaired) electrons. The number of hydrogen-bond donors (Lipinski definition) is 2. The average Bonchev–Trinajstić information content (AvgIpc) is 3.03. The molecule has 2 heterocycles. The van der Waals surface area contributed by atoms with Crippen LogP contribution in [0.25, 0.3) is 0 Å². The van der Waals surface area contributed by atoms with Crippen molar-refractivity contribution in [2.24, 2.45) is 11.8 Å². The Balaban J connectivity index is 1.54. The van der Waals surface area contributed by atoms with Crippen LogP contribution in [0.1, 0.15) is 125 Å². The van der Waals surface area contributed by atoms with Crippen LogP contribution >= 0.6 is 0 Å². The molecule has 160 valence electrons. The van der Waals surface area contributed by atoms with Crippen LogP contribution < -0.4 is 10.6 Å². The molecule has 2 aliphatic rings. The summed E-state index contributed by atoms with van der Waals surface area (Å²) in [6.45, 7) is 13.1. The monoisotopic (exact) mass is 378 g/mol. The Morgan fingerprint density at radius 1 is 0.741 bits per heavy atom. The summed E-state index contributed by atoms with van der Waals surface area (Å²) in [5, 5.41) is 7.75. The maximum atomic E-state index is 3.91. The Bertz CT molecular complexity index is 385. The lowest BCUT2D eigenvalue weighted by Gasteiger charge is -2.48. The second-order valence-electron chi connectivity index (χ2n) is 11.1. The minimum absolute atomic E-state index is 0.280. The van der Waals surface area contributed by atoms with Crippen molar-refractivity contribution in [2.75, 3.05) is 6.54 Å². The highest BCUT2D eigenvalue weighted by Gasteiger charge is 2.42. The lowest BCUT2D eigenvalue weighted by molar-refractivity contribution is 0.108. The van der Waals surface area contributed by atoms with Crippen molar-refractivity contribution in [1.29, 1.82) is 0 Å². The largest absolute Gasteiger partial charge is 0.313 e. The topological polar surface area (TPSA) is 24.1 Å². The zero-order valence-electron chi connectivity index (χ0n) is 19.3. The summed E-state index contributed by atoms with van der Waals surface area (Å²) >= 11 is 0. The van der Waals surface area contributed by atoms with Gasteiger partial charge >= 0.3 is 0 Å². The summed E-state index contributed by atoms with van der Waals surface area (Å²) in [4.78, 5) is 0. The molecule has 2 aliphatic heterocycles. The second kappa shape index (κ2) is 11.2. The fourth-order valence-electron chi connectivity index (χ4n) is 6.03. The molecule has 0 aromatic carbocycles. The molecule has 0 aromatic heterocycles. The van der Waals surface area contributed by atoms with Gasteiger partial charge in [0.05, 0.1) is 0 Å². The fraction of sp³-hybridized carbons (Fsp3) is 1.00. The molecule has 2 rings (SSSR count). The average molecular weight is 379 g/mol. The van der Waals surface area contributed by atoms with E-state index in [9.17, 15) is 0 Å². The van der Waals surface area contributed by atoms with Gasteiger partial charge in [0, 0.05) is 17.1 Å². The lowest BCUT2D eigenvalue weighted by atomic mass is 9.72. The summed E-state index contributed by atoms with van der Waals surface area (Å²) in [5.74, 6) is 1.78. The van der Waals surface area contributed by atoms with Crippen molar-refractivity contribution in [3.63, 3.8) is 0 Å². The van der Waals surface area contributed by atoms with E-state index in [4.69, 9.17) is 0 Å². The van der Waals surface area contributed by atoms with E-state index in [1.165, 1.54) is 96.4 Å². The Morgan fingerprint density at radius 3 is 1.81 bits per heavy atom. The van der Waals surface area contributed by atoms with Crippen molar-refractivity contribution in [1.82, 2.24) is 10.6 Å². The minimum Gasteiger partial charge on any atom is -0.313 e. The molecule has 0 bridgehead atoms. The Labute approximate surface area is 171 Å². The Kier molecular flexibility index (Phi) is 9.62. The highest BCUT2D eigenvalue weighted by Crippen LogP contribution is 2.38. The molecule has 2 N–H and O–H groups in total. The van der Waals surface area contributed by atoms with E-state index < -0.39 is 0 Å². The molecule has 2 fully saturated rings. The first-order chi connectivity index (χ1) is 12.8. The van der Waals surface area contributed by atoms with Crippen molar-refractivity contribution in [3.05, 3.63) is 0 Å². The van der Waals surface area contributed by atoms with Crippen LogP contribution in [0.2, 0.25) is 0 Å². The smallest absolute Gasteiger partial charge is 0.0133 e. The molecule has 2 atom stereocenters. The summed E-state index contributed by atoms with van der Waals surface area (Å²) in [5.41, 5.74) is 0.561. The predicted molar refractivity (Wildman–Crippen MR) is 120 cm³/mol. The van der Waals surface area contributed by atoms with Crippen LogP contribution in [0.5, 0.6) is 0 Å². The second-order valence-corrected chi connectivity index (χ2v) is 11.1. The first-order valence-electron chi connectivity index (χ1n) is 12.3. The summed E-state index contributed by atoms with van der Waals surface area (Å²) in [6, 6.07) is 0.763. The van der Waals surface area contributed by atoms with Crippen LogP contribution in [0.15, 0.2) is 0 Å². The van der Waals surface area contributed by atoms with Crippen molar-refractivity contribution in [2.45, 2.75) is 142 Å². The van der Waals surface area contributed by atoms with Gasteiger partial charge in [-0.25, -0.2) is 0 Å². The molecular formula is C25H50N2. The van der Waals surface area contributed by atoms with Crippen molar-refractivity contribution < 1.29 is 0 Å². The molecule has 27 heavy (non-hydrogen) atoms. The van der Waals surface area contributed by atoms with E-state index in [1.54, 1.807) is 0 Å². The third-order valence-corrected chi connectivity index (χ3v) is 7.01. The molecule has 2 nitrogen and oxygen atoms in total. The molecule has 0 spiro atoms. The number of unbranched alkanes of at least 4 members (excludes halogenated alkanes) is 9. The van der Waals surface area contributed by atoms with E-state index in [1.807, 2.05) is 0 Å². The van der Waals surface area contributed by atoms with Crippen LogP contribution in [-0.2, 0) is 0 Å². The molecule has 2 unspecified atom stereocenters. The van der Waals surface area contributed by atoms with Gasteiger partial charge in [-0.3, -0.25) is 0 Å². The van der Waals surface area contributed by atoms with Crippen LogP contribution in [0.4, 0.5) is 0 Å². The molecular weight excluding hydrogens is 328 g/mol. The van der Waals surface area contributed by atoms with Crippen LogP contribution in [-0.4, -0.2) is 23.7 Å². The SMILES string of the molecule is CCCCCCCCCCCCC1CNC(C2CC(C)(C)NC(C)(C)C2)C1. The standard InChI is InChI=1S/C25H50N2/c1-6-7-8-9-10-11-12-13-14-15-16-21-17-23(26-20-21)22-18-24(2,3)27-25(4,5)19-22/h21-23,26-27H,6-20H2,1-5H3. The summed E-state index contributed by atoms with van der Waals surface area (Å²) in [7, 11) is 0. The molecule has 0 aromatic rings. The minimum atomic E-state index is 0.280. The number of nitrogens with one attached hydrogen (secondary N) is 2. The van der Waals surface area contributed by atoms with Crippen LogP contribution in [0, 0.1) is 11.8 Å². The van der Waals surface area contributed by atoms with Gasteiger partial charge in [0.15, 0.2) is 0 Å². The summed E-state index contributed by atoms with van der Waals surface area (Å²) < 4.78 is 0. The normalized spacial score (nSPS) is 27.9. The van der Waals surface area contributed by atoms with Gasteiger partial charge in [-0.05, 0) is 71.8 Å². The molecule has 0 saturated carbocycles. The quantitative estimate of drug-likeness (QED) is 0.364. The fourth-order valence-corrected chi connectivity index (χ4v) is 6.03. The van der Waals surface area contributed by atoms with Gasteiger partial charge in [-0.1, -0.05) is 71.1 Å². The Morgan fingerprint density at radius 2 is 1.26 bits per heavy atom. The van der Waals surface area contributed by atoms with Gasteiger partial charge in [0.1, 0.15) is 0 Å². The van der Waals surface area contributed by atoms with E-state index in [2.05, 4.69) is 45.3 Å². The van der Waals surface area contributed by atoms with Crippen molar-refractivity contribution >= 4 is 0 Å². The van der Waals surface area contributed by atoms with E-state index in [-0.39, 0.29) is 11.1 Å². The van der Waals surface area contributed by atoms with Gasteiger partial charge in [-0.2, -0.15) is 0 Å².